The Morgan fingerprint density at radius 2 is 0.859 bits per heavy atom. The summed E-state index contributed by atoms with van der Waals surface area (Å²) in [4.78, 5) is 16.0. The number of nitrogens with zero attached hydrogens (tertiary/aromatic N) is 3. The molecule has 12 aromatic rings. The van der Waals surface area contributed by atoms with Crippen molar-refractivity contribution in [2.45, 2.75) is 5.41 Å². The molecule has 3 nitrogen and oxygen atoms in total. The molecule has 1 aliphatic rings. The molecule has 2 aromatic heterocycles. The maximum atomic E-state index is 5.35. The van der Waals surface area contributed by atoms with E-state index in [2.05, 4.69) is 224 Å². The number of fused-ring (bicyclic) bond motifs is 9. The first-order valence-electron chi connectivity index (χ1n) is 21.8. The molecule has 13 rings (SSSR count). The maximum absolute atomic E-state index is 5.35. The lowest BCUT2D eigenvalue weighted by molar-refractivity contribution is 0.768. The van der Waals surface area contributed by atoms with Crippen LogP contribution in [0.25, 0.3) is 98.1 Å². The van der Waals surface area contributed by atoms with Gasteiger partial charge in [0.25, 0.3) is 0 Å². The van der Waals surface area contributed by atoms with Gasteiger partial charge in [0.15, 0.2) is 17.5 Å². The van der Waals surface area contributed by atoms with Crippen LogP contribution < -0.4 is 0 Å². The molecule has 298 valence electrons. The highest BCUT2D eigenvalue weighted by molar-refractivity contribution is 7.25. The van der Waals surface area contributed by atoms with Gasteiger partial charge < -0.3 is 0 Å². The van der Waals surface area contributed by atoms with Gasteiger partial charge in [0.05, 0.1) is 5.41 Å². The molecule has 0 spiro atoms. The molecule has 0 aliphatic heterocycles. The minimum absolute atomic E-state index is 0.495. The van der Waals surface area contributed by atoms with Crippen LogP contribution in [0.5, 0.6) is 0 Å². The van der Waals surface area contributed by atoms with E-state index in [4.69, 9.17) is 15.0 Å². The normalized spacial score (nSPS) is 12.8. The molecule has 10 aromatic carbocycles. The SMILES string of the molecule is c1ccc(C2(c3ccc(-c4nc(-c5cccc(-c6cccc7ccc8ccccc8c67)c5)nc(-c5cccc6sc7ccccc7c56)n4)cc3)c3ccccc3-c3ccccc32)cc1. The molecular weight excluding hydrogens is 795 g/mol. The van der Waals surface area contributed by atoms with Crippen LogP contribution >= 0.6 is 11.3 Å². The third-order valence-electron chi connectivity index (χ3n) is 13.2. The Bertz CT molecular complexity index is 3750. The Morgan fingerprint density at radius 1 is 0.312 bits per heavy atom. The maximum Gasteiger partial charge on any atom is 0.164 e. The van der Waals surface area contributed by atoms with Crippen LogP contribution in [0.2, 0.25) is 0 Å². The summed E-state index contributed by atoms with van der Waals surface area (Å²) in [6, 6.07) is 81.1. The third kappa shape index (κ3) is 5.56. The van der Waals surface area contributed by atoms with Gasteiger partial charge in [-0.3, -0.25) is 0 Å². The molecule has 0 saturated heterocycles. The van der Waals surface area contributed by atoms with Crippen molar-refractivity contribution >= 4 is 53.1 Å². The Morgan fingerprint density at radius 3 is 1.67 bits per heavy atom. The molecule has 4 heteroatoms. The van der Waals surface area contributed by atoms with Gasteiger partial charge in [0.2, 0.25) is 0 Å². The molecule has 0 unspecified atom stereocenters. The average molecular weight is 832 g/mol. The predicted octanol–water partition coefficient (Wildman–Crippen LogP) is 15.6. The highest BCUT2D eigenvalue weighted by Crippen LogP contribution is 2.56. The Hall–Kier alpha value is -8.05. The van der Waals surface area contributed by atoms with E-state index < -0.39 is 5.41 Å². The highest BCUT2D eigenvalue weighted by Gasteiger charge is 2.45. The Balaban J connectivity index is 1.01. The lowest BCUT2D eigenvalue weighted by Gasteiger charge is -2.34. The number of aromatic nitrogens is 3. The lowest BCUT2D eigenvalue weighted by Crippen LogP contribution is -2.28. The van der Waals surface area contributed by atoms with Crippen molar-refractivity contribution in [3.63, 3.8) is 0 Å². The molecule has 0 atom stereocenters. The van der Waals surface area contributed by atoms with E-state index in [0.29, 0.717) is 17.5 Å². The van der Waals surface area contributed by atoms with Gasteiger partial charge in [-0.2, -0.15) is 0 Å². The molecule has 64 heavy (non-hydrogen) atoms. The summed E-state index contributed by atoms with van der Waals surface area (Å²) < 4.78 is 2.45. The molecule has 2 heterocycles. The van der Waals surface area contributed by atoms with E-state index >= 15 is 0 Å². The average Bonchev–Trinajstić information content (AvgIpc) is 3.91. The summed E-state index contributed by atoms with van der Waals surface area (Å²) in [6.07, 6.45) is 0. The van der Waals surface area contributed by atoms with E-state index in [-0.39, 0.29) is 0 Å². The first-order valence-corrected chi connectivity index (χ1v) is 22.6. The highest BCUT2D eigenvalue weighted by atomic mass is 32.1. The van der Waals surface area contributed by atoms with E-state index in [1.54, 1.807) is 11.3 Å². The van der Waals surface area contributed by atoms with Crippen molar-refractivity contribution < 1.29 is 0 Å². The van der Waals surface area contributed by atoms with Crippen LogP contribution in [-0.2, 0) is 5.41 Å². The van der Waals surface area contributed by atoms with E-state index in [1.165, 1.54) is 80.7 Å². The molecular formula is C60H37N3S. The van der Waals surface area contributed by atoms with Gasteiger partial charge >= 0.3 is 0 Å². The molecule has 0 amide bonds. The van der Waals surface area contributed by atoms with Gasteiger partial charge in [-0.1, -0.05) is 206 Å². The molecule has 0 bridgehead atoms. The fourth-order valence-electron chi connectivity index (χ4n) is 10.4. The summed E-state index contributed by atoms with van der Waals surface area (Å²) >= 11 is 1.80. The van der Waals surface area contributed by atoms with Crippen molar-refractivity contribution in [3.05, 3.63) is 247 Å². The zero-order valence-electron chi connectivity index (χ0n) is 34.6. The fraction of sp³-hybridized carbons (Fsp3) is 0.0167. The van der Waals surface area contributed by atoms with Crippen molar-refractivity contribution in [3.8, 4) is 56.4 Å². The molecule has 0 radical (unpaired) electrons. The summed E-state index contributed by atoms with van der Waals surface area (Å²) in [5, 5.41) is 7.29. The number of hydrogen-bond acceptors (Lipinski definition) is 4. The van der Waals surface area contributed by atoms with Gasteiger partial charge in [-0.15, -0.1) is 11.3 Å². The summed E-state index contributed by atoms with van der Waals surface area (Å²) in [6.45, 7) is 0. The minimum Gasteiger partial charge on any atom is -0.208 e. The van der Waals surface area contributed by atoms with Crippen molar-refractivity contribution in [1.29, 1.82) is 0 Å². The largest absolute Gasteiger partial charge is 0.208 e. The van der Waals surface area contributed by atoms with E-state index in [1.807, 2.05) is 0 Å². The second-order valence-electron chi connectivity index (χ2n) is 16.6. The summed E-state index contributed by atoms with van der Waals surface area (Å²) in [5.41, 5.74) is 12.2. The molecule has 0 N–H and O–H groups in total. The zero-order chi connectivity index (χ0) is 42.2. The molecule has 1 aliphatic carbocycles. The summed E-state index contributed by atoms with van der Waals surface area (Å²) in [5.74, 6) is 1.91. The van der Waals surface area contributed by atoms with Gasteiger partial charge in [0, 0.05) is 36.9 Å². The molecule has 0 saturated carbocycles. The topological polar surface area (TPSA) is 38.7 Å². The Kier molecular flexibility index (Phi) is 8.30. The number of thiophene rings is 1. The number of benzene rings is 10. The second-order valence-corrected chi connectivity index (χ2v) is 17.7. The van der Waals surface area contributed by atoms with Crippen LogP contribution in [0.4, 0.5) is 0 Å². The van der Waals surface area contributed by atoms with Crippen molar-refractivity contribution in [1.82, 2.24) is 15.0 Å². The van der Waals surface area contributed by atoms with Crippen LogP contribution in [0.1, 0.15) is 22.3 Å². The van der Waals surface area contributed by atoms with Gasteiger partial charge in [0.1, 0.15) is 0 Å². The van der Waals surface area contributed by atoms with Crippen LogP contribution in [0.15, 0.2) is 224 Å². The van der Waals surface area contributed by atoms with Crippen LogP contribution in [0, 0.1) is 0 Å². The van der Waals surface area contributed by atoms with E-state index in [0.717, 1.165) is 22.3 Å². The lowest BCUT2D eigenvalue weighted by atomic mass is 9.67. The third-order valence-corrected chi connectivity index (χ3v) is 14.4. The van der Waals surface area contributed by atoms with Crippen LogP contribution in [-0.4, -0.2) is 15.0 Å². The molecule has 0 fully saturated rings. The predicted molar refractivity (Wildman–Crippen MR) is 267 cm³/mol. The number of rotatable bonds is 6. The quantitative estimate of drug-likeness (QED) is 0.157. The number of hydrogen-bond donors (Lipinski definition) is 0. The smallest absolute Gasteiger partial charge is 0.164 e. The Labute approximate surface area is 374 Å². The second kappa shape index (κ2) is 14.5. The van der Waals surface area contributed by atoms with Gasteiger partial charge in [-0.05, 0) is 84.3 Å². The standard InChI is InChI=1S/C60H37N3S/c1-2-19-43(20-3-1)60(51-27-9-6-22-47(51)48-23-7-10-28-52(48)60)44-35-33-40(34-36-44)57-61-58(63-59(62-57)50-26-14-30-54-56(50)49-24-8-11-29-53(49)64-54)42-18-12-17-41(37-42)46-25-13-16-39-32-31-38-15-4-5-21-45(38)55(39)46/h1-37H. The fourth-order valence-corrected chi connectivity index (χ4v) is 11.6. The van der Waals surface area contributed by atoms with Crippen LogP contribution in [0.3, 0.4) is 0 Å². The van der Waals surface area contributed by atoms with E-state index in [9.17, 15) is 0 Å². The zero-order valence-corrected chi connectivity index (χ0v) is 35.4. The monoisotopic (exact) mass is 831 g/mol. The van der Waals surface area contributed by atoms with Crippen molar-refractivity contribution in [2.75, 3.05) is 0 Å². The first kappa shape index (κ1) is 36.6. The summed E-state index contributed by atoms with van der Waals surface area (Å²) in [7, 11) is 0. The van der Waals surface area contributed by atoms with Gasteiger partial charge in [-0.25, -0.2) is 15.0 Å². The first-order chi connectivity index (χ1) is 31.7. The van der Waals surface area contributed by atoms with Crippen molar-refractivity contribution in [2.24, 2.45) is 0 Å². The minimum atomic E-state index is -0.495.